The minimum Gasteiger partial charge on any atom is -0.337 e. The molecule has 0 aromatic heterocycles. The van der Waals surface area contributed by atoms with Gasteiger partial charge in [-0.05, 0) is 50.6 Å². The summed E-state index contributed by atoms with van der Waals surface area (Å²) in [5.41, 5.74) is 1.84. The number of likely N-dealkylation sites (N-methyl/N-ethyl adjacent to an activating group) is 1. The molecule has 1 atom stereocenters. The Morgan fingerprint density at radius 3 is 2.94 bits per heavy atom. The second-order valence-corrected chi connectivity index (χ2v) is 5.75. The van der Waals surface area contributed by atoms with Gasteiger partial charge in [0.05, 0.1) is 0 Å². The summed E-state index contributed by atoms with van der Waals surface area (Å²) in [5, 5.41) is 3.26. The fourth-order valence-corrected chi connectivity index (χ4v) is 2.91. The van der Waals surface area contributed by atoms with Crippen LogP contribution in [0.4, 0.5) is 0 Å². The first-order valence-electron chi connectivity index (χ1n) is 6.34. The van der Waals surface area contributed by atoms with Gasteiger partial charge in [0, 0.05) is 29.2 Å². The molecule has 1 heterocycles. The van der Waals surface area contributed by atoms with E-state index in [1.807, 2.05) is 37.1 Å². The van der Waals surface area contributed by atoms with Gasteiger partial charge >= 0.3 is 0 Å². The average Bonchev–Trinajstić information content (AvgIpc) is 2.38. The van der Waals surface area contributed by atoms with Crippen molar-refractivity contribution in [3.63, 3.8) is 0 Å². The Bertz CT molecular complexity index is 447. The second-order valence-electron chi connectivity index (χ2n) is 4.84. The van der Waals surface area contributed by atoms with Crippen molar-refractivity contribution in [2.45, 2.75) is 25.8 Å². The number of hydrogen-bond donors (Lipinski definition) is 1. The highest BCUT2D eigenvalue weighted by Crippen LogP contribution is 2.19. The molecule has 0 unspecified atom stereocenters. The van der Waals surface area contributed by atoms with Crippen LogP contribution in [0, 0.1) is 6.92 Å². The second kappa shape index (κ2) is 5.85. The quantitative estimate of drug-likeness (QED) is 0.910. The van der Waals surface area contributed by atoms with E-state index < -0.39 is 0 Å². The van der Waals surface area contributed by atoms with Crippen LogP contribution in [0.25, 0.3) is 0 Å². The van der Waals surface area contributed by atoms with E-state index in [9.17, 15) is 4.79 Å². The first-order valence-corrected chi connectivity index (χ1v) is 7.14. The third-order valence-corrected chi connectivity index (χ3v) is 4.03. The van der Waals surface area contributed by atoms with E-state index >= 15 is 0 Å². The van der Waals surface area contributed by atoms with Crippen LogP contribution in [0.3, 0.4) is 0 Å². The Kier molecular flexibility index (Phi) is 4.40. The summed E-state index contributed by atoms with van der Waals surface area (Å²) in [6.45, 7) is 3.66. The molecule has 0 spiro atoms. The number of nitrogens with zero attached hydrogens (tertiary/aromatic N) is 1. The maximum absolute atomic E-state index is 12.5. The number of hydrogen-bond acceptors (Lipinski definition) is 2. The predicted octanol–water partition coefficient (Wildman–Crippen LogP) is 2.58. The molecular formula is C14H19BrN2O. The van der Waals surface area contributed by atoms with Crippen LogP contribution in [0.1, 0.15) is 28.8 Å². The van der Waals surface area contributed by atoms with Crippen molar-refractivity contribution >= 4 is 21.8 Å². The van der Waals surface area contributed by atoms with Crippen molar-refractivity contribution in [3.8, 4) is 0 Å². The van der Waals surface area contributed by atoms with Gasteiger partial charge in [0.25, 0.3) is 5.91 Å². The maximum atomic E-state index is 12.5. The van der Waals surface area contributed by atoms with Crippen molar-refractivity contribution in [1.82, 2.24) is 10.2 Å². The SMILES string of the molecule is CN[C@H]1CCCN(C(=O)c2ccc(Br)cc2C)C1. The topological polar surface area (TPSA) is 32.3 Å². The Morgan fingerprint density at radius 1 is 1.50 bits per heavy atom. The van der Waals surface area contributed by atoms with Crippen LogP contribution < -0.4 is 5.32 Å². The molecule has 98 valence electrons. The minimum atomic E-state index is 0.153. The first kappa shape index (κ1) is 13.6. The van der Waals surface area contributed by atoms with Gasteiger partial charge in [-0.2, -0.15) is 0 Å². The van der Waals surface area contributed by atoms with Crippen LogP contribution in [0.2, 0.25) is 0 Å². The molecule has 2 rings (SSSR count). The molecule has 1 aromatic carbocycles. The van der Waals surface area contributed by atoms with Crippen molar-refractivity contribution in [1.29, 1.82) is 0 Å². The molecule has 0 radical (unpaired) electrons. The third kappa shape index (κ3) is 2.93. The number of rotatable bonds is 2. The number of piperidine rings is 1. The zero-order valence-corrected chi connectivity index (χ0v) is 12.5. The molecule has 1 aromatic rings. The van der Waals surface area contributed by atoms with E-state index in [1.165, 1.54) is 0 Å². The number of amides is 1. The molecule has 3 nitrogen and oxygen atoms in total. The molecule has 18 heavy (non-hydrogen) atoms. The van der Waals surface area contributed by atoms with E-state index in [1.54, 1.807) is 0 Å². The van der Waals surface area contributed by atoms with E-state index in [2.05, 4.69) is 21.2 Å². The van der Waals surface area contributed by atoms with E-state index in [0.717, 1.165) is 41.5 Å². The summed E-state index contributed by atoms with van der Waals surface area (Å²) in [4.78, 5) is 14.4. The third-order valence-electron chi connectivity index (χ3n) is 3.54. The lowest BCUT2D eigenvalue weighted by molar-refractivity contribution is 0.0697. The summed E-state index contributed by atoms with van der Waals surface area (Å²) in [7, 11) is 1.96. The highest BCUT2D eigenvalue weighted by molar-refractivity contribution is 9.10. The van der Waals surface area contributed by atoms with Crippen molar-refractivity contribution in [3.05, 3.63) is 33.8 Å². The normalized spacial score (nSPS) is 19.9. The van der Waals surface area contributed by atoms with Crippen molar-refractivity contribution < 1.29 is 4.79 Å². The lowest BCUT2D eigenvalue weighted by Gasteiger charge is -2.33. The largest absolute Gasteiger partial charge is 0.337 e. The van der Waals surface area contributed by atoms with Crippen molar-refractivity contribution in [2.75, 3.05) is 20.1 Å². The lowest BCUT2D eigenvalue weighted by Crippen LogP contribution is -2.47. The number of aryl methyl sites for hydroxylation is 1. The molecule has 1 fully saturated rings. The monoisotopic (exact) mass is 310 g/mol. The summed E-state index contributed by atoms with van der Waals surface area (Å²) < 4.78 is 1.02. The lowest BCUT2D eigenvalue weighted by atomic mass is 10.0. The number of carbonyl (C=O) groups is 1. The Balaban J connectivity index is 2.15. The van der Waals surface area contributed by atoms with E-state index in [0.29, 0.717) is 6.04 Å². The number of halogens is 1. The first-order chi connectivity index (χ1) is 8.61. The van der Waals surface area contributed by atoms with Gasteiger partial charge in [0.15, 0.2) is 0 Å². The Hall–Kier alpha value is -0.870. The summed E-state index contributed by atoms with van der Waals surface area (Å²) in [6, 6.07) is 6.26. The fraction of sp³-hybridized carbons (Fsp3) is 0.500. The molecule has 1 N–H and O–H groups in total. The summed E-state index contributed by atoms with van der Waals surface area (Å²) in [6.07, 6.45) is 2.23. The maximum Gasteiger partial charge on any atom is 0.254 e. The van der Waals surface area contributed by atoms with E-state index in [4.69, 9.17) is 0 Å². The zero-order valence-electron chi connectivity index (χ0n) is 10.9. The molecule has 1 aliphatic heterocycles. The molecule has 4 heteroatoms. The number of benzene rings is 1. The predicted molar refractivity (Wildman–Crippen MR) is 76.9 cm³/mol. The van der Waals surface area contributed by atoms with Gasteiger partial charge in [-0.15, -0.1) is 0 Å². The van der Waals surface area contributed by atoms with Crippen molar-refractivity contribution in [2.24, 2.45) is 0 Å². The smallest absolute Gasteiger partial charge is 0.254 e. The standard InChI is InChI=1S/C14H19BrN2O/c1-10-8-11(15)5-6-13(10)14(18)17-7-3-4-12(9-17)16-2/h5-6,8,12,16H,3-4,7,9H2,1-2H3/t12-/m0/s1. The number of likely N-dealkylation sites (tertiary alicyclic amines) is 1. The summed E-state index contributed by atoms with van der Waals surface area (Å²) in [5.74, 6) is 0.153. The molecule has 1 saturated heterocycles. The van der Waals surface area contributed by atoms with Gasteiger partial charge in [-0.25, -0.2) is 0 Å². The van der Waals surface area contributed by atoms with Crippen LogP contribution in [-0.4, -0.2) is 37.0 Å². The molecule has 1 amide bonds. The van der Waals surface area contributed by atoms with Gasteiger partial charge in [-0.3, -0.25) is 4.79 Å². The molecule has 1 aliphatic rings. The molecule has 0 bridgehead atoms. The van der Waals surface area contributed by atoms with Crippen LogP contribution in [-0.2, 0) is 0 Å². The summed E-state index contributed by atoms with van der Waals surface area (Å²) >= 11 is 3.43. The molecule has 0 aliphatic carbocycles. The van der Waals surface area contributed by atoms with Crippen LogP contribution >= 0.6 is 15.9 Å². The Labute approximate surface area is 117 Å². The average molecular weight is 311 g/mol. The van der Waals surface area contributed by atoms with Gasteiger partial charge in [0.2, 0.25) is 0 Å². The molecular weight excluding hydrogens is 292 g/mol. The van der Waals surface area contributed by atoms with E-state index in [-0.39, 0.29) is 5.91 Å². The molecule has 0 saturated carbocycles. The highest BCUT2D eigenvalue weighted by atomic mass is 79.9. The number of nitrogens with one attached hydrogen (secondary N) is 1. The van der Waals surface area contributed by atoms with Gasteiger partial charge < -0.3 is 10.2 Å². The number of carbonyl (C=O) groups excluding carboxylic acids is 1. The van der Waals surface area contributed by atoms with Gasteiger partial charge in [0.1, 0.15) is 0 Å². The highest BCUT2D eigenvalue weighted by Gasteiger charge is 2.24. The van der Waals surface area contributed by atoms with Crippen LogP contribution in [0.5, 0.6) is 0 Å². The van der Waals surface area contributed by atoms with Crippen LogP contribution in [0.15, 0.2) is 22.7 Å². The van der Waals surface area contributed by atoms with Gasteiger partial charge in [-0.1, -0.05) is 15.9 Å². The minimum absolute atomic E-state index is 0.153. The Morgan fingerprint density at radius 2 is 2.28 bits per heavy atom. The fourth-order valence-electron chi connectivity index (χ4n) is 2.43. The zero-order chi connectivity index (χ0) is 13.1.